The fourth-order valence-corrected chi connectivity index (χ4v) is 3.16. The van der Waals surface area contributed by atoms with Gasteiger partial charge in [-0.2, -0.15) is 0 Å². The molecular formula is C23H19N3O2. The molecule has 0 atom stereocenters. The predicted octanol–water partition coefficient (Wildman–Crippen LogP) is 4.27. The maximum absolute atomic E-state index is 13.4. The van der Waals surface area contributed by atoms with Crippen molar-refractivity contribution in [1.29, 1.82) is 0 Å². The summed E-state index contributed by atoms with van der Waals surface area (Å²) in [6.07, 6.45) is 5.38. The van der Waals surface area contributed by atoms with Crippen LogP contribution < -0.4 is 10.3 Å². The van der Waals surface area contributed by atoms with Crippen LogP contribution >= 0.6 is 0 Å². The summed E-state index contributed by atoms with van der Waals surface area (Å²) in [4.78, 5) is 22.5. The highest BCUT2D eigenvalue weighted by Crippen LogP contribution is 2.24. The Morgan fingerprint density at radius 3 is 2.54 bits per heavy atom. The molecule has 28 heavy (non-hydrogen) atoms. The second-order valence-corrected chi connectivity index (χ2v) is 6.34. The molecule has 0 saturated heterocycles. The topological polar surface area (TPSA) is 57.0 Å². The van der Waals surface area contributed by atoms with E-state index < -0.39 is 0 Å². The molecule has 0 N–H and O–H groups in total. The molecule has 2 aromatic heterocycles. The standard InChI is InChI=1S/C23H19N3O2/c1-16-8-3-4-11-19(16)26-21(14-13-17-9-5-6-15-24-17)25-22-18(23(26)27)10-7-12-20(22)28-2/h3-15H,1-2H3/b14-13+. The van der Waals surface area contributed by atoms with E-state index in [0.29, 0.717) is 22.5 Å². The van der Waals surface area contributed by atoms with Gasteiger partial charge in [-0.05, 0) is 55.0 Å². The van der Waals surface area contributed by atoms with Gasteiger partial charge in [-0.15, -0.1) is 0 Å². The summed E-state index contributed by atoms with van der Waals surface area (Å²) < 4.78 is 7.06. The van der Waals surface area contributed by atoms with Gasteiger partial charge in [-0.3, -0.25) is 14.3 Å². The van der Waals surface area contributed by atoms with Gasteiger partial charge in [-0.25, -0.2) is 4.98 Å². The Labute approximate surface area is 162 Å². The highest BCUT2D eigenvalue weighted by Gasteiger charge is 2.15. The number of para-hydroxylation sites is 2. The minimum Gasteiger partial charge on any atom is -0.494 e. The summed E-state index contributed by atoms with van der Waals surface area (Å²) in [5.74, 6) is 1.08. The van der Waals surface area contributed by atoms with E-state index in [2.05, 4.69) is 4.98 Å². The lowest BCUT2D eigenvalue weighted by atomic mass is 10.1. The Kier molecular flexibility index (Phi) is 4.72. The van der Waals surface area contributed by atoms with Gasteiger partial charge in [0.2, 0.25) is 0 Å². The number of nitrogens with zero attached hydrogens (tertiary/aromatic N) is 3. The van der Waals surface area contributed by atoms with Gasteiger partial charge >= 0.3 is 0 Å². The van der Waals surface area contributed by atoms with E-state index in [4.69, 9.17) is 9.72 Å². The molecule has 2 aromatic carbocycles. The summed E-state index contributed by atoms with van der Waals surface area (Å²) in [5, 5.41) is 0.512. The van der Waals surface area contributed by atoms with E-state index in [1.165, 1.54) is 0 Å². The molecule has 4 rings (SSSR count). The first-order chi connectivity index (χ1) is 13.7. The Morgan fingerprint density at radius 2 is 1.79 bits per heavy atom. The van der Waals surface area contributed by atoms with Gasteiger partial charge in [0.15, 0.2) is 0 Å². The van der Waals surface area contributed by atoms with Gasteiger partial charge in [0.05, 0.1) is 23.9 Å². The van der Waals surface area contributed by atoms with Crippen LogP contribution in [0.2, 0.25) is 0 Å². The Morgan fingerprint density at radius 1 is 0.964 bits per heavy atom. The number of fused-ring (bicyclic) bond motifs is 1. The number of aromatic nitrogens is 3. The molecule has 2 heterocycles. The van der Waals surface area contributed by atoms with Crippen LogP contribution in [0.4, 0.5) is 0 Å². The average Bonchev–Trinajstić information content (AvgIpc) is 2.73. The normalized spacial score (nSPS) is 11.2. The van der Waals surface area contributed by atoms with Crippen LogP contribution in [-0.2, 0) is 0 Å². The van der Waals surface area contributed by atoms with E-state index in [9.17, 15) is 4.79 Å². The fraction of sp³-hybridized carbons (Fsp3) is 0.0870. The summed E-state index contributed by atoms with van der Waals surface area (Å²) in [6.45, 7) is 1.98. The monoisotopic (exact) mass is 369 g/mol. The van der Waals surface area contributed by atoms with Crippen LogP contribution in [0.1, 0.15) is 17.1 Å². The smallest absolute Gasteiger partial charge is 0.266 e. The third-order valence-electron chi connectivity index (χ3n) is 4.56. The summed E-state index contributed by atoms with van der Waals surface area (Å²) >= 11 is 0. The SMILES string of the molecule is COc1cccc2c(=O)n(-c3ccccc3C)c(/C=C/c3ccccn3)nc12. The van der Waals surface area contributed by atoms with Crippen molar-refractivity contribution in [2.24, 2.45) is 0 Å². The molecular weight excluding hydrogens is 350 g/mol. The molecule has 0 unspecified atom stereocenters. The Balaban J connectivity index is 2.03. The summed E-state index contributed by atoms with van der Waals surface area (Å²) in [5.41, 5.74) is 2.97. The van der Waals surface area contributed by atoms with Gasteiger partial charge in [0, 0.05) is 6.20 Å². The lowest BCUT2D eigenvalue weighted by molar-refractivity contribution is 0.418. The molecule has 5 nitrogen and oxygen atoms in total. The first kappa shape index (κ1) is 17.7. The van der Waals surface area contributed by atoms with Crippen molar-refractivity contribution < 1.29 is 4.74 Å². The maximum atomic E-state index is 13.4. The molecule has 0 aliphatic rings. The number of methoxy groups -OCH3 is 1. The number of hydrogen-bond donors (Lipinski definition) is 0. The second-order valence-electron chi connectivity index (χ2n) is 6.34. The average molecular weight is 369 g/mol. The Hall–Kier alpha value is -3.73. The molecule has 0 aliphatic carbocycles. The van der Waals surface area contributed by atoms with E-state index in [1.54, 1.807) is 36.1 Å². The van der Waals surface area contributed by atoms with Crippen LogP contribution in [0.25, 0.3) is 28.7 Å². The lowest BCUT2D eigenvalue weighted by Crippen LogP contribution is -2.23. The van der Waals surface area contributed by atoms with E-state index in [-0.39, 0.29) is 5.56 Å². The van der Waals surface area contributed by atoms with Crippen LogP contribution in [-0.4, -0.2) is 21.6 Å². The maximum Gasteiger partial charge on any atom is 0.266 e. The number of ether oxygens (including phenoxy) is 1. The van der Waals surface area contributed by atoms with E-state index >= 15 is 0 Å². The molecule has 0 radical (unpaired) electrons. The van der Waals surface area contributed by atoms with Crippen molar-refractivity contribution >= 4 is 23.1 Å². The largest absolute Gasteiger partial charge is 0.494 e. The Bertz CT molecular complexity index is 1230. The van der Waals surface area contributed by atoms with Gasteiger partial charge in [0.1, 0.15) is 17.1 Å². The van der Waals surface area contributed by atoms with Crippen LogP contribution in [0, 0.1) is 6.92 Å². The van der Waals surface area contributed by atoms with Crippen LogP contribution in [0.5, 0.6) is 5.75 Å². The zero-order chi connectivity index (χ0) is 19.5. The number of aryl methyl sites for hydroxylation is 1. The van der Waals surface area contributed by atoms with Crippen molar-refractivity contribution in [3.8, 4) is 11.4 Å². The van der Waals surface area contributed by atoms with Gasteiger partial charge in [-0.1, -0.05) is 30.3 Å². The third-order valence-corrected chi connectivity index (χ3v) is 4.56. The van der Waals surface area contributed by atoms with Crippen molar-refractivity contribution in [3.63, 3.8) is 0 Å². The van der Waals surface area contributed by atoms with Crippen LogP contribution in [0.15, 0.2) is 71.7 Å². The number of pyridine rings is 1. The third kappa shape index (κ3) is 3.18. The van der Waals surface area contributed by atoms with Crippen molar-refractivity contribution in [3.05, 3.63) is 94.3 Å². The second kappa shape index (κ2) is 7.48. The quantitative estimate of drug-likeness (QED) is 0.539. The van der Waals surface area contributed by atoms with Crippen molar-refractivity contribution in [2.45, 2.75) is 6.92 Å². The van der Waals surface area contributed by atoms with E-state index in [0.717, 1.165) is 16.9 Å². The summed E-state index contributed by atoms with van der Waals surface area (Å²) in [6, 6.07) is 18.8. The molecule has 5 heteroatoms. The molecule has 0 bridgehead atoms. The van der Waals surface area contributed by atoms with Gasteiger partial charge in [0.25, 0.3) is 5.56 Å². The summed E-state index contributed by atoms with van der Waals surface area (Å²) in [7, 11) is 1.58. The van der Waals surface area contributed by atoms with Crippen molar-refractivity contribution in [1.82, 2.24) is 14.5 Å². The minimum atomic E-state index is -0.140. The van der Waals surface area contributed by atoms with Gasteiger partial charge < -0.3 is 4.74 Å². The highest BCUT2D eigenvalue weighted by atomic mass is 16.5. The molecule has 0 aliphatic heterocycles. The predicted molar refractivity (Wildman–Crippen MR) is 112 cm³/mol. The zero-order valence-electron chi connectivity index (χ0n) is 15.7. The first-order valence-electron chi connectivity index (χ1n) is 8.94. The molecule has 0 fully saturated rings. The number of hydrogen-bond acceptors (Lipinski definition) is 4. The van der Waals surface area contributed by atoms with Crippen LogP contribution in [0.3, 0.4) is 0 Å². The minimum absolute atomic E-state index is 0.140. The molecule has 0 amide bonds. The molecule has 138 valence electrons. The number of benzene rings is 2. The lowest BCUT2D eigenvalue weighted by Gasteiger charge is -2.14. The molecule has 0 spiro atoms. The number of rotatable bonds is 4. The highest BCUT2D eigenvalue weighted by molar-refractivity contribution is 5.85. The first-order valence-corrected chi connectivity index (χ1v) is 8.94. The zero-order valence-corrected chi connectivity index (χ0v) is 15.7. The fourth-order valence-electron chi connectivity index (χ4n) is 3.16. The molecule has 0 saturated carbocycles. The van der Waals surface area contributed by atoms with Crippen molar-refractivity contribution in [2.75, 3.05) is 7.11 Å². The van der Waals surface area contributed by atoms with E-state index in [1.807, 2.05) is 61.5 Å². The molecule has 4 aromatic rings.